The summed E-state index contributed by atoms with van der Waals surface area (Å²) in [7, 11) is 0. The topological polar surface area (TPSA) is 96.2 Å². The number of amides is 2. The molecule has 4 saturated carbocycles. The van der Waals surface area contributed by atoms with Gasteiger partial charge in [0.2, 0.25) is 5.91 Å². The van der Waals surface area contributed by atoms with Gasteiger partial charge in [-0.15, -0.1) is 11.8 Å². The molecule has 4 aliphatic carbocycles. The number of nitrogens with zero attached hydrogens (tertiary/aromatic N) is 2. The van der Waals surface area contributed by atoms with Crippen LogP contribution in [0.3, 0.4) is 0 Å². The van der Waals surface area contributed by atoms with E-state index in [4.69, 9.17) is 0 Å². The summed E-state index contributed by atoms with van der Waals surface area (Å²) < 4.78 is 1.71. The summed E-state index contributed by atoms with van der Waals surface area (Å²) in [6.45, 7) is 10.4. The van der Waals surface area contributed by atoms with Gasteiger partial charge in [0, 0.05) is 24.0 Å². The lowest BCUT2D eigenvalue weighted by Crippen LogP contribution is -2.61. The van der Waals surface area contributed by atoms with Gasteiger partial charge in [-0.05, 0) is 70.6 Å². The van der Waals surface area contributed by atoms with Crippen LogP contribution in [0.2, 0.25) is 0 Å². The molecule has 1 heterocycles. The third kappa shape index (κ3) is 5.02. The Labute approximate surface area is 201 Å². The lowest BCUT2D eigenvalue weighted by molar-refractivity contribution is -0.137. The van der Waals surface area contributed by atoms with Crippen LogP contribution in [-0.2, 0) is 4.79 Å². The molecule has 0 aromatic carbocycles. The van der Waals surface area contributed by atoms with Crippen molar-refractivity contribution in [3.8, 4) is 0 Å². The van der Waals surface area contributed by atoms with Gasteiger partial charge in [0.1, 0.15) is 5.03 Å². The first-order chi connectivity index (χ1) is 15.5. The van der Waals surface area contributed by atoms with Gasteiger partial charge in [0.05, 0.1) is 22.8 Å². The van der Waals surface area contributed by atoms with Gasteiger partial charge >= 0.3 is 0 Å². The number of thioether (sulfide) groups is 1. The van der Waals surface area contributed by atoms with Crippen molar-refractivity contribution in [2.45, 2.75) is 88.6 Å². The fraction of sp³-hybridized carbons (Fsp3) is 0.720. The Morgan fingerprint density at radius 3 is 2.55 bits per heavy atom. The number of rotatable bonds is 8. The first kappa shape index (κ1) is 24.3. The SMILES string of the molecule is CCNC(=O)C(C)(C)C=Cn1ncc(C(=O)NC2C3CC4CC2CC(O)(C4)C3)c1SC(C)C. The molecule has 0 radical (unpaired) electrons. The number of hydrogen-bond acceptors (Lipinski definition) is 5. The van der Waals surface area contributed by atoms with E-state index in [9.17, 15) is 14.7 Å². The number of hydrogen-bond donors (Lipinski definition) is 3. The molecule has 1 aromatic heterocycles. The average molecular weight is 475 g/mol. The molecular formula is C25H38N4O3S. The first-order valence-corrected chi connectivity index (χ1v) is 13.1. The predicted octanol–water partition coefficient (Wildman–Crippen LogP) is 3.69. The Morgan fingerprint density at radius 1 is 1.30 bits per heavy atom. The third-order valence-electron chi connectivity index (χ3n) is 7.44. The Kier molecular flexibility index (Phi) is 6.71. The Morgan fingerprint density at radius 2 is 1.97 bits per heavy atom. The van der Waals surface area contributed by atoms with Crippen molar-refractivity contribution in [3.05, 3.63) is 17.8 Å². The zero-order chi connectivity index (χ0) is 24.0. The number of carbonyl (C=O) groups excluding carboxylic acids is 2. The van der Waals surface area contributed by atoms with Crippen molar-refractivity contribution in [3.63, 3.8) is 0 Å². The first-order valence-electron chi connectivity index (χ1n) is 12.3. The molecule has 33 heavy (non-hydrogen) atoms. The van der Waals surface area contributed by atoms with Crippen LogP contribution in [0, 0.1) is 23.2 Å². The highest BCUT2D eigenvalue weighted by atomic mass is 32.2. The summed E-state index contributed by atoms with van der Waals surface area (Å²) in [4.78, 5) is 25.7. The maximum atomic E-state index is 13.4. The van der Waals surface area contributed by atoms with Crippen LogP contribution < -0.4 is 10.6 Å². The largest absolute Gasteiger partial charge is 0.390 e. The zero-order valence-corrected chi connectivity index (χ0v) is 21.2. The van der Waals surface area contributed by atoms with E-state index in [1.165, 1.54) is 0 Å². The van der Waals surface area contributed by atoms with Gasteiger partial charge in [0.25, 0.3) is 5.91 Å². The van der Waals surface area contributed by atoms with Crippen molar-refractivity contribution in [1.82, 2.24) is 20.4 Å². The van der Waals surface area contributed by atoms with Crippen molar-refractivity contribution in [2.24, 2.45) is 23.2 Å². The zero-order valence-electron chi connectivity index (χ0n) is 20.4. The molecule has 5 rings (SSSR count). The molecule has 4 fully saturated rings. The van der Waals surface area contributed by atoms with Crippen LogP contribution in [0.1, 0.15) is 77.1 Å². The molecule has 2 amide bonds. The molecule has 0 spiro atoms. The maximum absolute atomic E-state index is 13.4. The fourth-order valence-electron chi connectivity index (χ4n) is 6.12. The van der Waals surface area contributed by atoms with E-state index in [0.29, 0.717) is 29.9 Å². The van der Waals surface area contributed by atoms with E-state index in [0.717, 1.165) is 37.1 Å². The highest BCUT2D eigenvalue weighted by molar-refractivity contribution is 7.99. The lowest BCUT2D eigenvalue weighted by atomic mass is 9.52. The molecule has 2 atom stereocenters. The molecule has 7 nitrogen and oxygen atoms in total. The number of carbonyl (C=O) groups is 2. The molecule has 0 aliphatic heterocycles. The molecule has 182 valence electrons. The van der Waals surface area contributed by atoms with E-state index < -0.39 is 11.0 Å². The van der Waals surface area contributed by atoms with Crippen LogP contribution in [0.25, 0.3) is 6.20 Å². The van der Waals surface area contributed by atoms with E-state index in [1.807, 2.05) is 26.8 Å². The maximum Gasteiger partial charge on any atom is 0.255 e. The van der Waals surface area contributed by atoms with E-state index in [1.54, 1.807) is 28.8 Å². The monoisotopic (exact) mass is 474 g/mol. The van der Waals surface area contributed by atoms with Crippen LogP contribution in [0.4, 0.5) is 0 Å². The van der Waals surface area contributed by atoms with Crippen molar-refractivity contribution < 1.29 is 14.7 Å². The van der Waals surface area contributed by atoms with Gasteiger partial charge in [-0.25, -0.2) is 4.68 Å². The molecule has 1 aromatic rings. The van der Waals surface area contributed by atoms with E-state index in [-0.39, 0.29) is 23.1 Å². The summed E-state index contributed by atoms with van der Waals surface area (Å²) in [5.41, 5.74) is -0.630. The van der Waals surface area contributed by atoms with Crippen LogP contribution in [0.15, 0.2) is 17.3 Å². The number of nitrogens with one attached hydrogen (secondary N) is 2. The van der Waals surface area contributed by atoms with Gasteiger partial charge in [-0.3, -0.25) is 9.59 Å². The summed E-state index contributed by atoms with van der Waals surface area (Å²) in [6.07, 6.45) is 9.99. The molecule has 4 aliphatic rings. The number of aliphatic hydroxyl groups is 1. The van der Waals surface area contributed by atoms with Gasteiger partial charge in [-0.1, -0.05) is 19.9 Å². The van der Waals surface area contributed by atoms with Gasteiger partial charge in [0.15, 0.2) is 0 Å². The van der Waals surface area contributed by atoms with Crippen LogP contribution in [0.5, 0.6) is 0 Å². The van der Waals surface area contributed by atoms with Crippen molar-refractivity contribution in [1.29, 1.82) is 0 Å². The molecule has 2 unspecified atom stereocenters. The highest BCUT2D eigenvalue weighted by Crippen LogP contribution is 2.55. The standard InChI is InChI=1S/C25H38N4O3S/c1-6-26-23(31)24(4,5)7-8-29-22(33-15(2)3)19(14-27-29)21(30)28-20-17-9-16-10-18(20)13-25(32,11-16)12-17/h7-8,14-18,20,32H,6,9-13H2,1-5H3,(H,26,31)(H,28,30). The second-order valence-corrected chi connectivity index (χ2v) is 12.6. The second kappa shape index (κ2) is 9.10. The minimum absolute atomic E-state index is 0.0482. The Hall–Kier alpha value is -1.80. The quantitative estimate of drug-likeness (QED) is 0.500. The Bertz CT molecular complexity index is 922. The summed E-state index contributed by atoms with van der Waals surface area (Å²) in [5, 5.41) is 22.6. The average Bonchev–Trinajstić information content (AvgIpc) is 3.10. The minimum Gasteiger partial charge on any atom is -0.390 e. The third-order valence-corrected chi connectivity index (χ3v) is 8.54. The number of aromatic nitrogens is 2. The van der Waals surface area contributed by atoms with Crippen molar-refractivity contribution >= 4 is 29.8 Å². The smallest absolute Gasteiger partial charge is 0.255 e. The molecule has 3 N–H and O–H groups in total. The van der Waals surface area contributed by atoms with Gasteiger partial charge in [-0.2, -0.15) is 5.10 Å². The predicted molar refractivity (Wildman–Crippen MR) is 131 cm³/mol. The van der Waals surface area contributed by atoms with E-state index in [2.05, 4.69) is 29.6 Å². The van der Waals surface area contributed by atoms with Crippen LogP contribution >= 0.6 is 11.8 Å². The molecule has 0 saturated heterocycles. The molecule has 8 heteroatoms. The fourth-order valence-corrected chi connectivity index (χ4v) is 7.06. The van der Waals surface area contributed by atoms with Crippen LogP contribution in [-0.4, -0.2) is 50.1 Å². The van der Waals surface area contributed by atoms with Crippen molar-refractivity contribution in [2.75, 3.05) is 6.54 Å². The summed E-state index contributed by atoms with van der Waals surface area (Å²) in [6, 6.07) is 0.127. The van der Waals surface area contributed by atoms with Gasteiger partial charge < -0.3 is 15.7 Å². The van der Waals surface area contributed by atoms with E-state index >= 15 is 0 Å². The lowest BCUT2D eigenvalue weighted by Gasteiger charge is -2.58. The second-order valence-electron chi connectivity index (χ2n) is 11.1. The summed E-state index contributed by atoms with van der Waals surface area (Å²) >= 11 is 1.59. The molecular weight excluding hydrogens is 436 g/mol. The normalized spacial score (nSPS) is 30.9. The Balaban J connectivity index is 1.53. The highest BCUT2D eigenvalue weighted by Gasteiger charge is 2.55. The minimum atomic E-state index is -0.690. The molecule has 4 bridgehead atoms. The summed E-state index contributed by atoms with van der Waals surface area (Å²) in [5.74, 6) is 1.19.